The van der Waals surface area contributed by atoms with Gasteiger partial charge in [-0.15, -0.1) is 0 Å². The number of urea groups is 1. The number of likely N-dealkylation sites (N-methyl/N-ethyl adjacent to an activating group) is 1. The quantitative estimate of drug-likeness (QED) is 0.676. The maximum Gasteiger partial charge on any atom is 0.326 e. The first-order chi connectivity index (χ1) is 9.68. The molecule has 120 valence electrons. The molecule has 2 N–H and O–H groups in total. The lowest BCUT2D eigenvalue weighted by molar-refractivity contribution is -0.132. The Morgan fingerprint density at radius 3 is 2.48 bits per heavy atom. The van der Waals surface area contributed by atoms with Crippen LogP contribution in [0.2, 0.25) is 0 Å². The monoisotopic (exact) mass is 298 g/mol. The van der Waals surface area contributed by atoms with E-state index in [0.717, 1.165) is 0 Å². The highest BCUT2D eigenvalue weighted by atomic mass is 16.2. The Kier molecular flexibility index (Phi) is 5.71. The van der Waals surface area contributed by atoms with Crippen LogP contribution in [-0.4, -0.2) is 72.8 Å². The summed E-state index contributed by atoms with van der Waals surface area (Å²) in [7, 11) is 3.34. The normalized spacial score (nSPS) is 15.9. The Labute approximate surface area is 126 Å². The molecule has 0 radical (unpaired) electrons. The van der Waals surface area contributed by atoms with Crippen LogP contribution in [0.3, 0.4) is 0 Å². The minimum atomic E-state index is -0.287. The average Bonchev–Trinajstić information content (AvgIpc) is 2.64. The van der Waals surface area contributed by atoms with Crippen molar-refractivity contribution >= 4 is 17.8 Å². The lowest BCUT2D eigenvalue weighted by Gasteiger charge is -2.29. The minimum Gasteiger partial charge on any atom is -0.345 e. The zero-order chi connectivity index (χ0) is 16.2. The SMILES string of the molecule is CN(CC(C)(C)CN)C(=O)CCCN1C(=O)CN(C)C1=O. The van der Waals surface area contributed by atoms with E-state index in [4.69, 9.17) is 5.73 Å². The Morgan fingerprint density at radius 1 is 1.38 bits per heavy atom. The summed E-state index contributed by atoms with van der Waals surface area (Å²) >= 11 is 0. The van der Waals surface area contributed by atoms with E-state index in [0.29, 0.717) is 32.5 Å². The second-order valence-corrected chi connectivity index (χ2v) is 6.41. The van der Waals surface area contributed by atoms with Crippen molar-refractivity contribution in [3.8, 4) is 0 Å². The molecule has 1 heterocycles. The van der Waals surface area contributed by atoms with Crippen molar-refractivity contribution in [3.05, 3.63) is 0 Å². The maximum absolute atomic E-state index is 12.0. The average molecular weight is 298 g/mol. The van der Waals surface area contributed by atoms with Crippen LogP contribution in [0.15, 0.2) is 0 Å². The van der Waals surface area contributed by atoms with E-state index in [1.807, 2.05) is 13.8 Å². The first kappa shape index (κ1) is 17.4. The van der Waals surface area contributed by atoms with Crippen LogP contribution < -0.4 is 5.73 Å². The lowest BCUT2D eigenvalue weighted by Crippen LogP contribution is -2.40. The molecular weight excluding hydrogens is 272 g/mol. The van der Waals surface area contributed by atoms with Gasteiger partial charge in [0.2, 0.25) is 11.8 Å². The summed E-state index contributed by atoms with van der Waals surface area (Å²) in [5, 5.41) is 0. The molecular formula is C14H26N4O3. The van der Waals surface area contributed by atoms with Gasteiger partial charge in [-0.1, -0.05) is 13.8 Å². The summed E-state index contributed by atoms with van der Waals surface area (Å²) in [5.41, 5.74) is 5.54. The van der Waals surface area contributed by atoms with Crippen LogP contribution in [0, 0.1) is 5.41 Å². The molecule has 1 rings (SSSR count). The van der Waals surface area contributed by atoms with Crippen LogP contribution >= 0.6 is 0 Å². The molecule has 0 aliphatic carbocycles. The van der Waals surface area contributed by atoms with E-state index in [1.54, 1.807) is 19.0 Å². The van der Waals surface area contributed by atoms with E-state index < -0.39 is 0 Å². The number of nitrogens with zero attached hydrogens (tertiary/aromatic N) is 3. The summed E-state index contributed by atoms with van der Waals surface area (Å²) in [4.78, 5) is 39.5. The molecule has 0 aromatic carbocycles. The Morgan fingerprint density at radius 2 is 2.00 bits per heavy atom. The zero-order valence-electron chi connectivity index (χ0n) is 13.4. The van der Waals surface area contributed by atoms with Crippen molar-refractivity contribution in [3.63, 3.8) is 0 Å². The molecule has 0 bridgehead atoms. The van der Waals surface area contributed by atoms with Gasteiger partial charge in [-0.2, -0.15) is 0 Å². The number of hydrogen-bond donors (Lipinski definition) is 1. The fourth-order valence-electron chi connectivity index (χ4n) is 2.26. The molecule has 1 aliphatic rings. The van der Waals surface area contributed by atoms with Crippen LogP contribution in [0.4, 0.5) is 4.79 Å². The van der Waals surface area contributed by atoms with Gasteiger partial charge in [0.25, 0.3) is 0 Å². The first-order valence-electron chi connectivity index (χ1n) is 7.17. The summed E-state index contributed by atoms with van der Waals surface area (Å²) in [5.74, 6) is -0.198. The molecule has 0 aromatic rings. The molecule has 1 fully saturated rings. The molecule has 4 amide bonds. The van der Waals surface area contributed by atoms with Crippen molar-refractivity contribution in [2.45, 2.75) is 26.7 Å². The van der Waals surface area contributed by atoms with E-state index in [-0.39, 0.29) is 29.8 Å². The third kappa shape index (κ3) is 4.70. The highest BCUT2D eigenvalue weighted by molar-refractivity contribution is 6.01. The molecule has 0 atom stereocenters. The van der Waals surface area contributed by atoms with Crippen molar-refractivity contribution in [2.75, 3.05) is 40.3 Å². The summed E-state index contributed by atoms with van der Waals surface area (Å²) in [6.45, 7) is 5.53. The largest absolute Gasteiger partial charge is 0.345 e. The smallest absolute Gasteiger partial charge is 0.326 e. The molecule has 7 heteroatoms. The summed E-state index contributed by atoms with van der Waals surface area (Å²) in [6.07, 6.45) is 0.801. The first-order valence-corrected chi connectivity index (χ1v) is 7.17. The molecule has 1 saturated heterocycles. The van der Waals surface area contributed by atoms with Gasteiger partial charge in [0.05, 0.1) is 0 Å². The van der Waals surface area contributed by atoms with Crippen molar-refractivity contribution in [1.29, 1.82) is 0 Å². The fourth-order valence-corrected chi connectivity index (χ4v) is 2.26. The van der Waals surface area contributed by atoms with Crippen molar-refractivity contribution < 1.29 is 14.4 Å². The topological polar surface area (TPSA) is 86.9 Å². The standard InChI is InChI=1S/C14H26N4O3/c1-14(2,9-15)10-17(4)11(19)6-5-7-18-12(20)8-16(3)13(18)21/h5-10,15H2,1-4H3. The van der Waals surface area contributed by atoms with Crippen LogP contribution in [-0.2, 0) is 9.59 Å². The highest BCUT2D eigenvalue weighted by Crippen LogP contribution is 2.15. The van der Waals surface area contributed by atoms with E-state index in [1.165, 1.54) is 9.80 Å². The van der Waals surface area contributed by atoms with Crippen molar-refractivity contribution in [2.24, 2.45) is 11.1 Å². The number of hydrogen-bond acceptors (Lipinski definition) is 4. The van der Waals surface area contributed by atoms with Crippen molar-refractivity contribution in [1.82, 2.24) is 14.7 Å². The van der Waals surface area contributed by atoms with Crippen LogP contribution in [0.1, 0.15) is 26.7 Å². The zero-order valence-corrected chi connectivity index (χ0v) is 13.4. The highest BCUT2D eigenvalue weighted by Gasteiger charge is 2.33. The molecule has 21 heavy (non-hydrogen) atoms. The van der Waals surface area contributed by atoms with Gasteiger partial charge in [0.15, 0.2) is 0 Å². The molecule has 0 unspecified atom stereocenters. The second-order valence-electron chi connectivity index (χ2n) is 6.41. The van der Waals surface area contributed by atoms with Crippen LogP contribution in [0.5, 0.6) is 0 Å². The molecule has 0 spiro atoms. The molecule has 7 nitrogen and oxygen atoms in total. The Hall–Kier alpha value is -1.63. The number of imide groups is 1. The predicted octanol–water partition coefficient (Wildman–Crippen LogP) is 0.104. The van der Waals surface area contributed by atoms with Gasteiger partial charge >= 0.3 is 6.03 Å². The number of carbonyl (C=O) groups is 3. The van der Waals surface area contributed by atoms with E-state index in [2.05, 4.69) is 0 Å². The minimum absolute atomic E-state index is 0.00368. The van der Waals surface area contributed by atoms with Gasteiger partial charge in [-0.25, -0.2) is 4.79 Å². The number of nitrogens with two attached hydrogens (primary N) is 1. The molecule has 1 aliphatic heterocycles. The summed E-state index contributed by atoms with van der Waals surface area (Å²) < 4.78 is 0. The van der Waals surface area contributed by atoms with E-state index in [9.17, 15) is 14.4 Å². The maximum atomic E-state index is 12.0. The lowest BCUT2D eigenvalue weighted by atomic mass is 9.93. The van der Waals surface area contributed by atoms with Gasteiger partial charge < -0.3 is 15.5 Å². The van der Waals surface area contributed by atoms with E-state index >= 15 is 0 Å². The van der Waals surface area contributed by atoms with Gasteiger partial charge in [-0.05, 0) is 18.4 Å². The predicted molar refractivity (Wildman–Crippen MR) is 79.4 cm³/mol. The van der Waals surface area contributed by atoms with Gasteiger partial charge in [-0.3, -0.25) is 14.5 Å². The number of amides is 4. The third-order valence-corrected chi connectivity index (χ3v) is 3.65. The number of carbonyl (C=O) groups excluding carboxylic acids is 3. The third-order valence-electron chi connectivity index (χ3n) is 3.65. The van der Waals surface area contributed by atoms with Gasteiger partial charge in [0.1, 0.15) is 6.54 Å². The number of rotatable bonds is 7. The Bertz CT molecular complexity index is 422. The van der Waals surface area contributed by atoms with Crippen LogP contribution in [0.25, 0.3) is 0 Å². The molecule has 0 aromatic heterocycles. The fraction of sp³-hybridized carbons (Fsp3) is 0.786. The molecule has 0 saturated carbocycles. The van der Waals surface area contributed by atoms with Gasteiger partial charge in [0, 0.05) is 33.6 Å². The summed E-state index contributed by atoms with van der Waals surface area (Å²) in [6, 6.07) is -0.287. The second kappa shape index (κ2) is 6.89. The Balaban J connectivity index is 2.37.